The first-order valence-electron chi connectivity index (χ1n) is 9.06. The van der Waals surface area contributed by atoms with Gasteiger partial charge in [0.25, 0.3) is 0 Å². The Bertz CT molecular complexity index is 733. The minimum absolute atomic E-state index is 0.0241. The van der Waals surface area contributed by atoms with E-state index in [1.165, 1.54) is 23.3 Å². The maximum atomic E-state index is 12.9. The van der Waals surface area contributed by atoms with Gasteiger partial charge in [-0.15, -0.1) is 0 Å². The zero-order chi connectivity index (χ0) is 18.4. The van der Waals surface area contributed by atoms with Crippen molar-refractivity contribution in [3.05, 3.63) is 65.5 Å². The SMILES string of the molecule is CN(CCOc1ccc(F)cc1)CC(=O)N[C@H]1CCCc2ccccc21. The highest BCUT2D eigenvalue weighted by Crippen LogP contribution is 2.29. The van der Waals surface area contributed by atoms with E-state index in [0.29, 0.717) is 25.4 Å². The Balaban J connectivity index is 1.42. The van der Waals surface area contributed by atoms with E-state index in [1.54, 1.807) is 12.1 Å². The van der Waals surface area contributed by atoms with Gasteiger partial charge in [0.1, 0.15) is 18.2 Å². The van der Waals surface area contributed by atoms with E-state index in [2.05, 4.69) is 23.5 Å². The number of aryl methyl sites for hydroxylation is 1. The molecule has 3 rings (SSSR count). The molecule has 26 heavy (non-hydrogen) atoms. The molecule has 0 bridgehead atoms. The van der Waals surface area contributed by atoms with Crippen LogP contribution in [-0.2, 0) is 11.2 Å². The van der Waals surface area contributed by atoms with Crippen LogP contribution in [-0.4, -0.2) is 37.6 Å². The molecule has 1 aliphatic carbocycles. The number of carbonyl (C=O) groups excluding carboxylic acids is 1. The van der Waals surface area contributed by atoms with E-state index < -0.39 is 0 Å². The van der Waals surface area contributed by atoms with Crippen molar-refractivity contribution in [1.82, 2.24) is 10.2 Å². The van der Waals surface area contributed by atoms with Crippen molar-refractivity contribution in [2.24, 2.45) is 0 Å². The molecule has 2 aromatic carbocycles. The summed E-state index contributed by atoms with van der Waals surface area (Å²) >= 11 is 0. The van der Waals surface area contributed by atoms with Crippen LogP contribution in [0.3, 0.4) is 0 Å². The zero-order valence-corrected chi connectivity index (χ0v) is 15.1. The van der Waals surface area contributed by atoms with Gasteiger partial charge in [0.15, 0.2) is 0 Å². The minimum atomic E-state index is -0.282. The van der Waals surface area contributed by atoms with Crippen molar-refractivity contribution in [3.8, 4) is 5.75 Å². The van der Waals surface area contributed by atoms with E-state index in [0.717, 1.165) is 19.3 Å². The summed E-state index contributed by atoms with van der Waals surface area (Å²) in [5, 5.41) is 3.16. The number of rotatable bonds is 7. The number of amides is 1. The number of ether oxygens (including phenoxy) is 1. The van der Waals surface area contributed by atoms with Crippen LogP contribution >= 0.6 is 0 Å². The first-order chi connectivity index (χ1) is 12.6. The Labute approximate surface area is 154 Å². The van der Waals surface area contributed by atoms with E-state index in [1.807, 2.05) is 18.0 Å². The van der Waals surface area contributed by atoms with Crippen molar-refractivity contribution in [1.29, 1.82) is 0 Å². The lowest BCUT2D eigenvalue weighted by atomic mass is 9.88. The second-order valence-corrected chi connectivity index (χ2v) is 6.75. The molecule has 138 valence electrons. The van der Waals surface area contributed by atoms with Crippen molar-refractivity contribution < 1.29 is 13.9 Å². The number of hydrogen-bond donors (Lipinski definition) is 1. The van der Waals surface area contributed by atoms with E-state index in [9.17, 15) is 9.18 Å². The Hall–Kier alpha value is -2.40. The highest BCUT2D eigenvalue weighted by atomic mass is 19.1. The van der Waals surface area contributed by atoms with E-state index in [-0.39, 0.29) is 17.8 Å². The number of carbonyl (C=O) groups is 1. The predicted molar refractivity (Wildman–Crippen MR) is 99.7 cm³/mol. The molecule has 4 nitrogen and oxygen atoms in total. The molecule has 1 amide bonds. The van der Waals surface area contributed by atoms with Crippen LogP contribution in [0.25, 0.3) is 0 Å². The first kappa shape index (κ1) is 18.4. The number of fused-ring (bicyclic) bond motifs is 1. The van der Waals surface area contributed by atoms with Crippen molar-refractivity contribution >= 4 is 5.91 Å². The van der Waals surface area contributed by atoms with Crippen LogP contribution in [0.5, 0.6) is 5.75 Å². The van der Waals surface area contributed by atoms with Crippen LogP contribution in [0.2, 0.25) is 0 Å². The van der Waals surface area contributed by atoms with Gasteiger partial charge in [0.05, 0.1) is 12.6 Å². The maximum Gasteiger partial charge on any atom is 0.234 e. The van der Waals surface area contributed by atoms with Gasteiger partial charge in [-0.1, -0.05) is 24.3 Å². The van der Waals surface area contributed by atoms with Crippen LogP contribution in [0.4, 0.5) is 4.39 Å². The maximum absolute atomic E-state index is 12.9. The number of halogens is 1. The molecule has 1 N–H and O–H groups in total. The lowest BCUT2D eigenvalue weighted by Crippen LogP contribution is -2.39. The topological polar surface area (TPSA) is 41.6 Å². The van der Waals surface area contributed by atoms with Crippen LogP contribution in [0.1, 0.15) is 30.0 Å². The van der Waals surface area contributed by atoms with E-state index >= 15 is 0 Å². The highest BCUT2D eigenvalue weighted by molar-refractivity contribution is 5.78. The summed E-state index contributed by atoms with van der Waals surface area (Å²) in [6.45, 7) is 1.39. The molecular formula is C21H25FN2O2. The Kier molecular flexibility index (Phi) is 6.23. The summed E-state index contributed by atoms with van der Waals surface area (Å²) in [6.07, 6.45) is 3.17. The Morgan fingerprint density at radius 1 is 1.23 bits per heavy atom. The van der Waals surface area contributed by atoms with Crippen molar-refractivity contribution in [3.63, 3.8) is 0 Å². The summed E-state index contributed by atoms with van der Waals surface area (Å²) in [7, 11) is 1.89. The monoisotopic (exact) mass is 356 g/mol. The van der Waals surface area contributed by atoms with Gasteiger partial charge in [-0.25, -0.2) is 4.39 Å². The summed E-state index contributed by atoms with van der Waals surface area (Å²) in [5.74, 6) is 0.370. The molecule has 0 spiro atoms. The lowest BCUT2D eigenvalue weighted by Gasteiger charge is -2.27. The molecule has 2 aromatic rings. The van der Waals surface area contributed by atoms with Gasteiger partial charge in [0, 0.05) is 6.54 Å². The molecule has 5 heteroatoms. The molecular weight excluding hydrogens is 331 g/mol. The fourth-order valence-electron chi connectivity index (χ4n) is 3.32. The quantitative estimate of drug-likeness (QED) is 0.827. The van der Waals surface area contributed by atoms with Crippen LogP contribution in [0.15, 0.2) is 48.5 Å². The average molecular weight is 356 g/mol. The van der Waals surface area contributed by atoms with Gasteiger partial charge in [-0.05, 0) is 61.7 Å². The van der Waals surface area contributed by atoms with Crippen molar-refractivity contribution in [2.45, 2.75) is 25.3 Å². The number of likely N-dealkylation sites (N-methyl/N-ethyl adjacent to an activating group) is 1. The summed E-state index contributed by atoms with van der Waals surface area (Å²) in [6, 6.07) is 14.4. The fraction of sp³-hybridized carbons (Fsp3) is 0.381. The number of nitrogens with one attached hydrogen (secondary N) is 1. The van der Waals surface area contributed by atoms with Gasteiger partial charge in [-0.2, -0.15) is 0 Å². The van der Waals surface area contributed by atoms with E-state index in [4.69, 9.17) is 4.74 Å². The molecule has 0 saturated carbocycles. The number of benzene rings is 2. The molecule has 1 atom stereocenters. The summed E-state index contributed by atoms with van der Waals surface area (Å²) in [5.41, 5.74) is 2.58. The third kappa shape index (κ3) is 5.05. The smallest absolute Gasteiger partial charge is 0.234 e. The average Bonchev–Trinajstić information content (AvgIpc) is 2.63. The fourth-order valence-corrected chi connectivity index (χ4v) is 3.32. The van der Waals surface area contributed by atoms with Crippen LogP contribution < -0.4 is 10.1 Å². The van der Waals surface area contributed by atoms with Gasteiger partial charge in [0.2, 0.25) is 5.91 Å². The zero-order valence-electron chi connectivity index (χ0n) is 15.1. The second kappa shape index (κ2) is 8.81. The van der Waals surface area contributed by atoms with Gasteiger partial charge >= 0.3 is 0 Å². The normalized spacial score (nSPS) is 16.2. The molecule has 0 aliphatic heterocycles. The highest BCUT2D eigenvalue weighted by Gasteiger charge is 2.21. The number of nitrogens with zero attached hydrogens (tertiary/aromatic N) is 1. The molecule has 0 unspecified atom stereocenters. The standard InChI is InChI=1S/C21H25FN2O2/c1-24(13-14-26-18-11-9-17(22)10-12-18)15-21(25)23-20-8-4-6-16-5-2-3-7-19(16)20/h2-3,5,7,9-12,20H,4,6,8,13-15H2,1H3,(H,23,25)/t20-/m0/s1. The van der Waals surface area contributed by atoms with Gasteiger partial charge < -0.3 is 10.1 Å². The first-order valence-corrected chi connectivity index (χ1v) is 9.06. The van der Waals surface area contributed by atoms with Crippen molar-refractivity contribution in [2.75, 3.05) is 26.7 Å². The summed E-state index contributed by atoms with van der Waals surface area (Å²) in [4.78, 5) is 14.3. The minimum Gasteiger partial charge on any atom is -0.492 e. The Morgan fingerprint density at radius 2 is 2.00 bits per heavy atom. The largest absolute Gasteiger partial charge is 0.492 e. The summed E-state index contributed by atoms with van der Waals surface area (Å²) < 4.78 is 18.4. The lowest BCUT2D eigenvalue weighted by molar-refractivity contribution is -0.122. The third-order valence-corrected chi connectivity index (χ3v) is 4.67. The predicted octanol–water partition coefficient (Wildman–Crippen LogP) is 3.33. The van der Waals surface area contributed by atoms with Gasteiger partial charge in [-0.3, -0.25) is 9.69 Å². The molecule has 0 heterocycles. The molecule has 0 aromatic heterocycles. The molecule has 0 saturated heterocycles. The third-order valence-electron chi connectivity index (χ3n) is 4.67. The molecule has 1 aliphatic rings. The molecule has 0 radical (unpaired) electrons. The second-order valence-electron chi connectivity index (χ2n) is 6.75. The van der Waals surface area contributed by atoms with Crippen LogP contribution in [0, 0.1) is 5.82 Å². The molecule has 0 fully saturated rings. The number of hydrogen-bond acceptors (Lipinski definition) is 3. The Morgan fingerprint density at radius 3 is 2.81 bits per heavy atom.